The molecule has 43 heavy (non-hydrogen) atoms. The highest BCUT2D eigenvalue weighted by molar-refractivity contribution is 8.03. The van der Waals surface area contributed by atoms with Gasteiger partial charge in [0.1, 0.15) is 5.15 Å². The van der Waals surface area contributed by atoms with E-state index in [1.54, 1.807) is 42.6 Å². The number of pyridine rings is 1. The van der Waals surface area contributed by atoms with E-state index in [1.807, 2.05) is 11.0 Å². The molecule has 3 aromatic rings. The molecule has 7 nitrogen and oxygen atoms in total. The predicted molar refractivity (Wildman–Crippen MR) is 174 cm³/mol. The molecular weight excluding hydrogens is 652 g/mol. The van der Waals surface area contributed by atoms with Crippen LogP contribution in [0.25, 0.3) is 5.57 Å². The van der Waals surface area contributed by atoms with Crippen LogP contribution in [0.4, 0.5) is 0 Å². The van der Waals surface area contributed by atoms with Gasteiger partial charge in [-0.25, -0.2) is 9.29 Å². The molecule has 2 aliphatic heterocycles. The number of imide groups is 1. The van der Waals surface area contributed by atoms with Gasteiger partial charge in [-0.1, -0.05) is 104 Å². The SMILES string of the molecule is CC(C)(C)c1ccc(/C(=C/C(=O)N2CCOCC2)c2ccnc(Cl)c2)cc1.O=C1c2ccccc2C(=O)N1SC(Cl)(Cl)Cl. The third-order valence-corrected chi connectivity index (χ3v) is 8.19. The molecule has 3 amide bonds. The quantitative estimate of drug-likeness (QED) is 0.0930. The van der Waals surface area contributed by atoms with Gasteiger partial charge in [-0.15, -0.1) is 0 Å². The Balaban J connectivity index is 0.000000225. The molecule has 0 saturated carbocycles. The number of nitrogens with zero attached hydrogens (tertiary/aromatic N) is 3. The average molecular weight is 681 g/mol. The highest BCUT2D eigenvalue weighted by Crippen LogP contribution is 2.44. The summed E-state index contributed by atoms with van der Waals surface area (Å²) in [6.07, 6.45) is 3.36. The monoisotopic (exact) mass is 679 g/mol. The van der Waals surface area contributed by atoms with E-state index in [4.69, 9.17) is 51.1 Å². The summed E-state index contributed by atoms with van der Waals surface area (Å²) in [5.41, 5.74) is 4.68. The molecule has 1 saturated heterocycles. The van der Waals surface area contributed by atoms with Gasteiger partial charge in [-0.3, -0.25) is 14.4 Å². The number of ether oxygens (including phenoxy) is 1. The summed E-state index contributed by atoms with van der Waals surface area (Å²) in [5, 5.41) is 0.406. The van der Waals surface area contributed by atoms with Crippen LogP contribution in [-0.2, 0) is 14.9 Å². The molecule has 226 valence electrons. The van der Waals surface area contributed by atoms with Crippen molar-refractivity contribution in [2.45, 2.75) is 29.3 Å². The van der Waals surface area contributed by atoms with E-state index in [9.17, 15) is 14.4 Å². The molecule has 0 atom stereocenters. The van der Waals surface area contributed by atoms with E-state index < -0.39 is 14.9 Å². The van der Waals surface area contributed by atoms with Crippen LogP contribution in [0.2, 0.25) is 5.15 Å². The van der Waals surface area contributed by atoms with E-state index in [0.717, 1.165) is 21.0 Å². The molecule has 0 radical (unpaired) electrons. The van der Waals surface area contributed by atoms with Gasteiger partial charge in [0, 0.05) is 37.3 Å². The summed E-state index contributed by atoms with van der Waals surface area (Å²) >= 11 is 23.3. The molecule has 1 fully saturated rings. The number of rotatable bonds is 4. The summed E-state index contributed by atoms with van der Waals surface area (Å²) in [6, 6.07) is 18.5. The van der Waals surface area contributed by atoms with Crippen LogP contribution < -0.4 is 0 Å². The van der Waals surface area contributed by atoms with Gasteiger partial charge in [0.25, 0.3) is 14.9 Å². The van der Waals surface area contributed by atoms with Crippen molar-refractivity contribution in [3.8, 4) is 0 Å². The summed E-state index contributed by atoms with van der Waals surface area (Å²) in [7, 11) is 0. The minimum atomic E-state index is -1.74. The average Bonchev–Trinajstić information content (AvgIpc) is 3.20. The lowest BCUT2D eigenvalue weighted by Crippen LogP contribution is -2.39. The van der Waals surface area contributed by atoms with Crippen molar-refractivity contribution in [3.05, 3.63) is 106 Å². The second kappa shape index (κ2) is 14.0. The molecular formula is C31H29Cl4N3O4S. The summed E-state index contributed by atoms with van der Waals surface area (Å²) in [6.45, 7) is 8.94. The van der Waals surface area contributed by atoms with Crippen LogP contribution in [0.15, 0.2) is 72.9 Å². The fourth-order valence-electron chi connectivity index (χ4n) is 4.41. The summed E-state index contributed by atoms with van der Waals surface area (Å²) in [5.74, 6) is -0.935. The summed E-state index contributed by atoms with van der Waals surface area (Å²) < 4.78 is 4.46. The van der Waals surface area contributed by atoms with Crippen molar-refractivity contribution in [2.75, 3.05) is 26.3 Å². The van der Waals surface area contributed by atoms with Crippen LogP contribution in [0.1, 0.15) is 58.2 Å². The number of carbonyl (C=O) groups excluding carboxylic acids is 3. The van der Waals surface area contributed by atoms with Gasteiger partial charge < -0.3 is 9.64 Å². The molecule has 12 heteroatoms. The standard InChI is InChI=1S/C22H25ClN2O2.C9H4Cl3NO2S/c1-22(2,3)18-6-4-16(5-7-18)19(17-8-9-24-20(23)14-17)15-21(26)25-10-12-27-13-11-25;10-9(11,12)16-13-7(14)5-3-1-2-4-6(5)8(13)15/h4-9,14-15H,10-13H2,1-3H3;1-4H/b19-15-;. The lowest BCUT2D eigenvalue weighted by atomic mass is 9.85. The minimum absolute atomic E-state index is 0.0128. The first-order valence-corrected chi connectivity index (χ1v) is 15.6. The van der Waals surface area contributed by atoms with Gasteiger partial charge in [0.05, 0.1) is 24.3 Å². The first-order chi connectivity index (χ1) is 20.2. The van der Waals surface area contributed by atoms with Crippen molar-refractivity contribution in [1.82, 2.24) is 14.2 Å². The summed E-state index contributed by atoms with van der Waals surface area (Å²) in [4.78, 5) is 42.3. The van der Waals surface area contributed by atoms with E-state index in [2.05, 4.69) is 50.0 Å². The third-order valence-electron chi connectivity index (χ3n) is 6.64. The molecule has 3 heterocycles. The van der Waals surface area contributed by atoms with Gasteiger partial charge in [-0.05, 0) is 51.9 Å². The Morgan fingerprint density at radius 2 is 1.49 bits per heavy atom. The number of hydrogen-bond donors (Lipinski definition) is 0. The number of halogens is 4. The zero-order valence-electron chi connectivity index (χ0n) is 23.7. The second-order valence-electron chi connectivity index (χ2n) is 10.7. The van der Waals surface area contributed by atoms with Crippen LogP contribution in [0.3, 0.4) is 0 Å². The highest BCUT2D eigenvalue weighted by Gasteiger charge is 2.40. The topological polar surface area (TPSA) is 79.8 Å². The Morgan fingerprint density at radius 1 is 0.907 bits per heavy atom. The normalized spacial score (nSPS) is 15.7. The number of morpholine rings is 1. The highest BCUT2D eigenvalue weighted by atomic mass is 35.6. The maximum atomic E-state index is 12.8. The van der Waals surface area contributed by atoms with Gasteiger partial charge in [0.2, 0.25) is 5.91 Å². The largest absolute Gasteiger partial charge is 0.378 e. The number of benzene rings is 2. The number of hydrogen-bond acceptors (Lipinski definition) is 6. The minimum Gasteiger partial charge on any atom is -0.378 e. The van der Waals surface area contributed by atoms with E-state index in [-0.39, 0.29) is 11.3 Å². The Kier molecular flexibility index (Phi) is 10.9. The van der Waals surface area contributed by atoms with Crippen LogP contribution in [0.5, 0.6) is 0 Å². The zero-order chi connectivity index (χ0) is 31.4. The third kappa shape index (κ3) is 8.75. The van der Waals surface area contributed by atoms with Crippen molar-refractivity contribution in [1.29, 1.82) is 0 Å². The molecule has 0 aliphatic carbocycles. The lowest BCUT2D eigenvalue weighted by Gasteiger charge is -2.26. The van der Waals surface area contributed by atoms with Crippen LogP contribution >= 0.6 is 58.4 Å². The predicted octanol–water partition coefficient (Wildman–Crippen LogP) is 7.58. The van der Waals surface area contributed by atoms with Crippen molar-refractivity contribution >= 4 is 81.6 Å². The van der Waals surface area contributed by atoms with E-state index in [0.29, 0.717) is 54.5 Å². The number of aromatic nitrogens is 1. The Bertz CT molecular complexity index is 1490. The van der Waals surface area contributed by atoms with E-state index >= 15 is 0 Å². The lowest BCUT2D eigenvalue weighted by molar-refractivity contribution is -0.129. The van der Waals surface area contributed by atoms with Crippen LogP contribution in [-0.4, -0.2) is 61.3 Å². The maximum absolute atomic E-state index is 12.8. The molecule has 0 N–H and O–H groups in total. The fraction of sp³-hybridized carbons (Fsp3) is 0.290. The van der Waals surface area contributed by atoms with Gasteiger partial charge in [0.15, 0.2) is 0 Å². The number of amides is 3. The fourth-order valence-corrected chi connectivity index (χ4v) is 5.77. The molecule has 5 rings (SSSR count). The number of carbonyl (C=O) groups is 3. The molecule has 0 unspecified atom stereocenters. The Labute approximate surface area is 275 Å². The Hall–Kier alpha value is -2.59. The molecule has 0 spiro atoms. The molecule has 0 bridgehead atoms. The van der Waals surface area contributed by atoms with E-state index in [1.165, 1.54) is 5.56 Å². The van der Waals surface area contributed by atoms with Crippen LogP contribution in [0, 0.1) is 0 Å². The first-order valence-electron chi connectivity index (χ1n) is 13.3. The van der Waals surface area contributed by atoms with Gasteiger partial charge in [-0.2, -0.15) is 0 Å². The Morgan fingerprint density at radius 3 is 2.00 bits per heavy atom. The molecule has 2 aromatic carbocycles. The van der Waals surface area contributed by atoms with Gasteiger partial charge >= 0.3 is 0 Å². The first kappa shape index (κ1) is 33.3. The van der Waals surface area contributed by atoms with Crippen molar-refractivity contribution in [3.63, 3.8) is 0 Å². The zero-order valence-corrected chi connectivity index (χ0v) is 27.5. The van der Waals surface area contributed by atoms with Crippen molar-refractivity contribution < 1.29 is 19.1 Å². The molecule has 1 aromatic heterocycles. The molecule has 2 aliphatic rings. The maximum Gasteiger partial charge on any atom is 0.271 e. The number of fused-ring (bicyclic) bond motifs is 1. The second-order valence-corrected chi connectivity index (χ2v) is 15.2. The number of alkyl halides is 3. The smallest absolute Gasteiger partial charge is 0.271 e. The van der Waals surface area contributed by atoms with Crippen molar-refractivity contribution in [2.24, 2.45) is 0 Å².